The van der Waals surface area contributed by atoms with Gasteiger partial charge in [-0.25, -0.2) is 14.8 Å². The van der Waals surface area contributed by atoms with Gasteiger partial charge in [-0.3, -0.25) is 4.79 Å². The molecule has 2 N–H and O–H groups in total. The third-order valence-corrected chi connectivity index (χ3v) is 4.39. The normalized spacial score (nSPS) is 20.4. The van der Waals surface area contributed by atoms with Crippen molar-refractivity contribution in [3.8, 4) is 5.75 Å². The smallest absolute Gasteiger partial charge is 0.449 e. The summed E-state index contributed by atoms with van der Waals surface area (Å²) in [5.41, 5.74) is -0.0945. The highest BCUT2D eigenvalue weighted by Gasteiger charge is 2.43. The zero-order valence-electron chi connectivity index (χ0n) is 13.8. The topological polar surface area (TPSA) is 106 Å². The Bertz CT molecular complexity index is 884. The molecular formula is C16H18N4O4. The highest BCUT2D eigenvalue weighted by atomic mass is 16.7. The number of nitrogens with zero attached hydrogens (tertiary/aromatic N) is 3. The Morgan fingerprint density at radius 3 is 2.75 bits per heavy atom. The largest absolute Gasteiger partial charge is 0.511 e. The summed E-state index contributed by atoms with van der Waals surface area (Å²) in [6.07, 6.45) is 0.351. The molecule has 126 valence electrons. The van der Waals surface area contributed by atoms with Crippen LogP contribution in [0.15, 0.2) is 23.3 Å². The quantitative estimate of drug-likeness (QED) is 0.836. The van der Waals surface area contributed by atoms with E-state index in [1.54, 1.807) is 29.8 Å². The number of pyridine rings is 1. The van der Waals surface area contributed by atoms with E-state index < -0.39 is 11.7 Å². The van der Waals surface area contributed by atoms with Crippen molar-refractivity contribution >= 4 is 28.9 Å². The van der Waals surface area contributed by atoms with E-state index in [9.17, 15) is 9.59 Å². The summed E-state index contributed by atoms with van der Waals surface area (Å²) in [5.74, 6) is -0.0241. The number of amides is 1. The number of hydrogen-bond donors (Lipinski definition) is 2. The van der Waals surface area contributed by atoms with Crippen molar-refractivity contribution in [2.45, 2.75) is 26.3 Å². The third-order valence-electron chi connectivity index (χ3n) is 4.39. The fourth-order valence-corrected chi connectivity index (χ4v) is 2.56. The lowest BCUT2D eigenvalue weighted by Gasteiger charge is -2.21. The average Bonchev–Trinajstić information content (AvgIpc) is 2.99. The van der Waals surface area contributed by atoms with Gasteiger partial charge in [0.2, 0.25) is 0 Å². The molecule has 0 radical (unpaired) electrons. The van der Waals surface area contributed by atoms with Crippen LogP contribution in [0.2, 0.25) is 0 Å². The number of hydrogen-bond acceptors (Lipinski definition) is 5. The zero-order valence-corrected chi connectivity index (χ0v) is 13.8. The number of aromatic nitrogens is 2. The molecule has 0 aromatic carbocycles. The molecule has 0 aliphatic carbocycles. The SMILES string of the molecule is CC(C)C1(C)N=C(c2nc3c(ccn3C)cc2OC(=O)O)NC1=O. The van der Waals surface area contributed by atoms with Crippen LogP contribution in [0.25, 0.3) is 11.0 Å². The molecule has 1 aliphatic heterocycles. The van der Waals surface area contributed by atoms with Crippen LogP contribution in [0, 0.1) is 5.92 Å². The van der Waals surface area contributed by atoms with Gasteiger partial charge in [0.1, 0.15) is 11.2 Å². The molecule has 8 nitrogen and oxygen atoms in total. The van der Waals surface area contributed by atoms with Crippen molar-refractivity contribution in [1.82, 2.24) is 14.9 Å². The molecule has 8 heteroatoms. The van der Waals surface area contributed by atoms with E-state index in [0.717, 1.165) is 5.39 Å². The van der Waals surface area contributed by atoms with E-state index in [4.69, 9.17) is 9.84 Å². The Hall–Kier alpha value is -2.90. The number of nitrogens with one attached hydrogen (secondary N) is 1. The van der Waals surface area contributed by atoms with Gasteiger partial charge in [-0.2, -0.15) is 0 Å². The summed E-state index contributed by atoms with van der Waals surface area (Å²) in [6.45, 7) is 5.53. The molecule has 0 spiro atoms. The lowest BCUT2D eigenvalue weighted by atomic mass is 9.89. The first-order valence-electron chi connectivity index (χ1n) is 7.51. The predicted molar refractivity (Wildman–Crippen MR) is 87.3 cm³/mol. The van der Waals surface area contributed by atoms with Gasteiger partial charge in [0, 0.05) is 18.6 Å². The van der Waals surface area contributed by atoms with Gasteiger partial charge in [0.25, 0.3) is 5.91 Å². The molecule has 1 unspecified atom stereocenters. The Morgan fingerprint density at radius 2 is 2.17 bits per heavy atom. The van der Waals surface area contributed by atoms with Crippen molar-refractivity contribution in [1.29, 1.82) is 0 Å². The van der Waals surface area contributed by atoms with Crippen molar-refractivity contribution < 1.29 is 19.4 Å². The molecular weight excluding hydrogens is 312 g/mol. The minimum Gasteiger partial charge on any atom is -0.449 e. The van der Waals surface area contributed by atoms with Crippen molar-refractivity contribution in [2.75, 3.05) is 0 Å². The standard InChI is InChI=1S/C16H18N4O4/c1-8(2)16(3)14(21)18-12(19-16)11-10(24-15(22)23)7-9-5-6-20(4)13(9)17-11/h5-8H,1-4H3,(H,22,23)(H,18,19,21). The molecule has 24 heavy (non-hydrogen) atoms. The van der Waals surface area contributed by atoms with Gasteiger partial charge < -0.3 is 19.7 Å². The lowest BCUT2D eigenvalue weighted by molar-refractivity contribution is -0.124. The molecule has 3 rings (SSSR count). The zero-order chi connectivity index (χ0) is 17.6. The Balaban J connectivity index is 2.19. The molecule has 1 aliphatic rings. The number of carboxylic acid groups (broad SMARTS) is 1. The number of aliphatic imine (C=N–C) groups is 1. The van der Waals surface area contributed by atoms with Crippen molar-refractivity contribution in [2.24, 2.45) is 18.0 Å². The molecule has 0 saturated carbocycles. The minimum atomic E-state index is -1.45. The highest BCUT2D eigenvalue weighted by molar-refractivity contribution is 6.16. The summed E-state index contributed by atoms with van der Waals surface area (Å²) < 4.78 is 6.65. The summed E-state index contributed by atoms with van der Waals surface area (Å²) in [5, 5.41) is 12.4. The first-order chi connectivity index (χ1) is 11.2. The van der Waals surface area contributed by atoms with Gasteiger partial charge in [-0.05, 0) is 25.0 Å². The van der Waals surface area contributed by atoms with Gasteiger partial charge in [0.05, 0.1) is 0 Å². The number of rotatable bonds is 3. The van der Waals surface area contributed by atoms with E-state index >= 15 is 0 Å². The molecule has 0 fully saturated rings. The third kappa shape index (κ3) is 2.40. The monoisotopic (exact) mass is 330 g/mol. The first-order valence-corrected chi connectivity index (χ1v) is 7.51. The molecule has 0 bridgehead atoms. The molecule has 0 saturated heterocycles. The van der Waals surface area contributed by atoms with Crippen LogP contribution in [-0.2, 0) is 11.8 Å². The van der Waals surface area contributed by atoms with Crippen LogP contribution >= 0.6 is 0 Å². The number of carbonyl (C=O) groups is 2. The van der Waals surface area contributed by atoms with Crippen LogP contribution < -0.4 is 10.1 Å². The second-order valence-corrected chi connectivity index (χ2v) is 6.26. The van der Waals surface area contributed by atoms with Gasteiger partial charge >= 0.3 is 6.16 Å². The van der Waals surface area contributed by atoms with Gasteiger partial charge in [-0.15, -0.1) is 0 Å². The molecule has 3 heterocycles. The number of aryl methyl sites for hydroxylation is 1. The van der Waals surface area contributed by atoms with Crippen LogP contribution in [0.4, 0.5) is 4.79 Å². The Labute approximate surface area is 138 Å². The summed E-state index contributed by atoms with van der Waals surface area (Å²) in [4.78, 5) is 32.2. The highest BCUT2D eigenvalue weighted by Crippen LogP contribution is 2.30. The minimum absolute atomic E-state index is 0.0300. The number of amidine groups is 1. The second-order valence-electron chi connectivity index (χ2n) is 6.26. The van der Waals surface area contributed by atoms with E-state index in [2.05, 4.69) is 15.3 Å². The second kappa shape index (κ2) is 5.33. The number of fused-ring (bicyclic) bond motifs is 1. The maximum Gasteiger partial charge on any atom is 0.511 e. The summed E-state index contributed by atoms with van der Waals surface area (Å²) in [6, 6.07) is 3.37. The van der Waals surface area contributed by atoms with Gasteiger partial charge in [-0.1, -0.05) is 13.8 Å². The van der Waals surface area contributed by atoms with Crippen LogP contribution in [0.1, 0.15) is 26.5 Å². The average molecular weight is 330 g/mol. The fraction of sp³-hybridized carbons (Fsp3) is 0.375. The van der Waals surface area contributed by atoms with E-state index in [-0.39, 0.29) is 29.1 Å². The van der Waals surface area contributed by atoms with Crippen LogP contribution in [0.5, 0.6) is 5.75 Å². The Kier molecular flexibility index (Phi) is 3.55. The fourth-order valence-electron chi connectivity index (χ4n) is 2.56. The summed E-state index contributed by atoms with van der Waals surface area (Å²) in [7, 11) is 1.82. The first kappa shape index (κ1) is 16.0. The Morgan fingerprint density at radius 1 is 1.46 bits per heavy atom. The van der Waals surface area contributed by atoms with Crippen LogP contribution in [0.3, 0.4) is 0 Å². The number of carbonyl (C=O) groups excluding carboxylic acids is 1. The molecule has 2 aromatic heterocycles. The molecule has 1 atom stereocenters. The summed E-state index contributed by atoms with van der Waals surface area (Å²) >= 11 is 0. The van der Waals surface area contributed by atoms with Crippen molar-refractivity contribution in [3.63, 3.8) is 0 Å². The maximum absolute atomic E-state index is 12.3. The van der Waals surface area contributed by atoms with E-state index in [1.807, 2.05) is 20.9 Å². The lowest BCUT2D eigenvalue weighted by Crippen LogP contribution is -2.41. The predicted octanol–water partition coefficient (Wildman–Crippen LogP) is 1.92. The molecule has 2 aromatic rings. The van der Waals surface area contributed by atoms with E-state index in [1.165, 1.54) is 0 Å². The molecule has 1 amide bonds. The van der Waals surface area contributed by atoms with Crippen molar-refractivity contribution in [3.05, 3.63) is 24.0 Å². The van der Waals surface area contributed by atoms with E-state index in [0.29, 0.717) is 5.65 Å². The van der Waals surface area contributed by atoms with Crippen LogP contribution in [-0.4, -0.2) is 38.1 Å². The maximum atomic E-state index is 12.3. The van der Waals surface area contributed by atoms with Gasteiger partial charge in [0.15, 0.2) is 17.3 Å². The number of ether oxygens (including phenoxy) is 1.